The van der Waals surface area contributed by atoms with Gasteiger partial charge in [-0.3, -0.25) is 4.79 Å². The molecule has 0 saturated carbocycles. The van der Waals surface area contributed by atoms with Gasteiger partial charge in [0, 0.05) is 5.54 Å². The van der Waals surface area contributed by atoms with Crippen molar-refractivity contribution in [3.63, 3.8) is 0 Å². The molecule has 0 aromatic carbocycles. The zero-order chi connectivity index (χ0) is 9.78. The van der Waals surface area contributed by atoms with E-state index in [1.165, 1.54) is 0 Å². The molecule has 0 radical (unpaired) electrons. The molecule has 0 bridgehead atoms. The van der Waals surface area contributed by atoms with Crippen LogP contribution in [-0.2, 0) is 4.79 Å². The maximum Gasteiger partial charge on any atom is 0.237 e. The second-order valence-corrected chi connectivity index (χ2v) is 4.13. The van der Waals surface area contributed by atoms with Crippen molar-refractivity contribution < 1.29 is 4.79 Å². The molecule has 0 rings (SSSR count). The minimum Gasteiger partial charge on any atom is -0.350 e. The molecule has 3 N–H and O–H groups in total. The fourth-order valence-electron chi connectivity index (χ4n) is 0.904. The van der Waals surface area contributed by atoms with Crippen molar-refractivity contribution in [1.82, 2.24) is 5.32 Å². The first-order chi connectivity index (χ1) is 5.37. The van der Waals surface area contributed by atoms with Crippen LogP contribution >= 0.6 is 0 Å². The third kappa shape index (κ3) is 5.13. The largest absolute Gasteiger partial charge is 0.350 e. The number of carbonyl (C=O) groups is 1. The average Bonchev–Trinajstić information content (AvgIpc) is 1.84. The molecule has 12 heavy (non-hydrogen) atoms. The van der Waals surface area contributed by atoms with E-state index in [1.807, 2.05) is 27.7 Å². The van der Waals surface area contributed by atoms with Gasteiger partial charge < -0.3 is 11.1 Å². The SMILES string of the molecule is CCC[C@H](N)C(=O)NC(C)(C)C. The molecule has 0 aliphatic rings. The lowest BCUT2D eigenvalue weighted by atomic mass is 10.1. The lowest BCUT2D eigenvalue weighted by Gasteiger charge is -2.22. The standard InChI is InChI=1S/C9H20N2O/c1-5-6-7(10)8(12)11-9(2,3)4/h7H,5-6,10H2,1-4H3,(H,11,12)/t7-/m0/s1. The number of rotatable bonds is 3. The summed E-state index contributed by atoms with van der Waals surface area (Å²) in [4.78, 5) is 11.3. The van der Waals surface area contributed by atoms with E-state index < -0.39 is 0 Å². The maximum absolute atomic E-state index is 11.3. The maximum atomic E-state index is 11.3. The molecular weight excluding hydrogens is 152 g/mol. The van der Waals surface area contributed by atoms with E-state index in [9.17, 15) is 4.79 Å². The number of nitrogens with two attached hydrogens (primary N) is 1. The molecule has 0 aliphatic carbocycles. The van der Waals surface area contributed by atoms with Crippen molar-refractivity contribution in [2.24, 2.45) is 5.73 Å². The van der Waals surface area contributed by atoms with Crippen LogP contribution in [0.25, 0.3) is 0 Å². The number of hydrogen-bond donors (Lipinski definition) is 2. The van der Waals surface area contributed by atoms with Crippen molar-refractivity contribution in [1.29, 1.82) is 0 Å². The van der Waals surface area contributed by atoms with Crippen molar-refractivity contribution in [2.45, 2.75) is 52.1 Å². The smallest absolute Gasteiger partial charge is 0.237 e. The van der Waals surface area contributed by atoms with Crippen LogP contribution in [0.1, 0.15) is 40.5 Å². The summed E-state index contributed by atoms with van der Waals surface area (Å²) in [6.45, 7) is 7.86. The van der Waals surface area contributed by atoms with Crippen LogP contribution in [0.3, 0.4) is 0 Å². The zero-order valence-corrected chi connectivity index (χ0v) is 8.48. The van der Waals surface area contributed by atoms with Gasteiger partial charge in [0.15, 0.2) is 0 Å². The fourth-order valence-corrected chi connectivity index (χ4v) is 0.904. The Kier molecular flexibility index (Phi) is 4.24. The molecule has 72 valence electrons. The first-order valence-corrected chi connectivity index (χ1v) is 4.44. The molecule has 1 amide bonds. The van der Waals surface area contributed by atoms with E-state index >= 15 is 0 Å². The van der Waals surface area contributed by atoms with Crippen LogP contribution in [0.5, 0.6) is 0 Å². The first kappa shape index (κ1) is 11.4. The second kappa shape index (κ2) is 4.45. The van der Waals surface area contributed by atoms with Gasteiger partial charge in [-0.1, -0.05) is 13.3 Å². The van der Waals surface area contributed by atoms with Gasteiger partial charge >= 0.3 is 0 Å². The topological polar surface area (TPSA) is 55.1 Å². The first-order valence-electron chi connectivity index (χ1n) is 4.44. The van der Waals surface area contributed by atoms with Crippen LogP contribution < -0.4 is 11.1 Å². The Balaban J connectivity index is 3.87. The predicted octanol–water partition coefficient (Wildman–Crippen LogP) is 1.03. The summed E-state index contributed by atoms with van der Waals surface area (Å²) in [5, 5.41) is 2.84. The van der Waals surface area contributed by atoms with Gasteiger partial charge in [0.1, 0.15) is 0 Å². The molecule has 0 aliphatic heterocycles. The van der Waals surface area contributed by atoms with Gasteiger partial charge in [0.2, 0.25) is 5.91 Å². The van der Waals surface area contributed by atoms with E-state index in [0.29, 0.717) is 0 Å². The molecule has 0 aromatic rings. The minimum atomic E-state index is -0.353. The molecule has 1 atom stereocenters. The summed E-state index contributed by atoms with van der Waals surface area (Å²) in [6.07, 6.45) is 1.70. The van der Waals surface area contributed by atoms with E-state index in [0.717, 1.165) is 12.8 Å². The summed E-state index contributed by atoms with van der Waals surface area (Å²) in [5.41, 5.74) is 5.44. The molecule has 0 fully saturated rings. The van der Waals surface area contributed by atoms with Gasteiger partial charge in [-0.25, -0.2) is 0 Å². The fraction of sp³-hybridized carbons (Fsp3) is 0.889. The summed E-state index contributed by atoms with van der Waals surface area (Å²) in [5.74, 6) is -0.0515. The van der Waals surface area contributed by atoms with Crippen LogP contribution in [0, 0.1) is 0 Å². The summed E-state index contributed by atoms with van der Waals surface area (Å²) >= 11 is 0. The van der Waals surface area contributed by atoms with Crippen molar-refractivity contribution in [3.8, 4) is 0 Å². The van der Waals surface area contributed by atoms with E-state index in [2.05, 4.69) is 5.32 Å². The number of hydrogen-bond acceptors (Lipinski definition) is 2. The van der Waals surface area contributed by atoms with Crippen molar-refractivity contribution in [3.05, 3.63) is 0 Å². The van der Waals surface area contributed by atoms with Crippen LogP contribution in [-0.4, -0.2) is 17.5 Å². The van der Waals surface area contributed by atoms with Crippen molar-refractivity contribution in [2.75, 3.05) is 0 Å². The summed E-state index contributed by atoms with van der Waals surface area (Å²) in [7, 11) is 0. The summed E-state index contributed by atoms with van der Waals surface area (Å²) in [6, 6.07) is -0.353. The lowest BCUT2D eigenvalue weighted by molar-refractivity contribution is -0.123. The molecule has 0 unspecified atom stereocenters. The Morgan fingerprint density at radius 1 is 1.50 bits per heavy atom. The molecule has 0 heterocycles. The second-order valence-electron chi connectivity index (χ2n) is 4.13. The van der Waals surface area contributed by atoms with Crippen molar-refractivity contribution >= 4 is 5.91 Å². The highest BCUT2D eigenvalue weighted by molar-refractivity contribution is 5.82. The molecule has 0 aromatic heterocycles. The third-order valence-electron chi connectivity index (χ3n) is 1.43. The molecule has 0 saturated heterocycles. The molecule has 3 heteroatoms. The number of carbonyl (C=O) groups excluding carboxylic acids is 1. The van der Waals surface area contributed by atoms with Gasteiger partial charge in [-0.15, -0.1) is 0 Å². The molecule has 3 nitrogen and oxygen atoms in total. The highest BCUT2D eigenvalue weighted by Crippen LogP contribution is 2.01. The molecule has 0 spiro atoms. The Labute approximate surface area is 74.7 Å². The Bertz CT molecular complexity index is 149. The number of amides is 1. The minimum absolute atomic E-state index is 0.0515. The zero-order valence-electron chi connectivity index (χ0n) is 8.48. The summed E-state index contributed by atoms with van der Waals surface area (Å²) < 4.78 is 0. The Hall–Kier alpha value is -0.570. The molecular formula is C9H20N2O. The third-order valence-corrected chi connectivity index (χ3v) is 1.43. The van der Waals surface area contributed by atoms with Crippen LogP contribution in [0.2, 0.25) is 0 Å². The van der Waals surface area contributed by atoms with E-state index in [-0.39, 0.29) is 17.5 Å². The Morgan fingerprint density at radius 3 is 2.33 bits per heavy atom. The van der Waals surface area contributed by atoms with Gasteiger partial charge in [-0.05, 0) is 27.2 Å². The Morgan fingerprint density at radius 2 is 2.00 bits per heavy atom. The number of nitrogens with one attached hydrogen (secondary N) is 1. The van der Waals surface area contributed by atoms with E-state index in [1.54, 1.807) is 0 Å². The normalized spacial score (nSPS) is 14.1. The highest BCUT2D eigenvalue weighted by Gasteiger charge is 2.18. The van der Waals surface area contributed by atoms with Gasteiger partial charge in [0.05, 0.1) is 6.04 Å². The van der Waals surface area contributed by atoms with E-state index in [4.69, 9.17) is 5.73 Å². The quantitative estimate of drug-likeness (QED) is 0.668. The average molecular weight is 172 g/mol. The van der Waals surface area contributed by atoms with Gasteiger partial charge in [-0.2, -0.15) is 0 Å². The highest BCUT2D eigenvalue weighted by atomic mass is 16.2. The lowest BCUT2D eigenvalue weighted by Crippen LogP contribution is -2.48. The van der Waals surface area contributed by atoms with Crippen LogP contribution in [0.4, 0.5) is 0 Å². The monoisotopic (exact) mass is 172 g/mol. The van der Waals surface area contributed by atoms with Gasteiger partial charge in [0.25, 0.3) is 0 Å². The van der Waals surface area contributed by atoms with Crippen LogP contribution in [0.15, 0.2) is 0 Å². The predicted molar refractivity (Wildman–Crippen MR) is 50.8 cm³/mol.